The summed E-state index contributed by atoms with van der Waals surface area (Å²) in [5.74, 6) is 0. The molecule has 0 saturated carbocycles. The molecule has 2 rings (SSSR count). The maximum Gasteiger partial charge on any atom is 0.0726 e. The molecule has 0 amide bonds. The summed E-state index contributed by atoms with van der Waals surface area (Å²) in [4.78, 5) is 2.43. The maximum atomic E-state index is 5.83. The van der Waals surface area contributed by atoms with Gasteiger partial charge in [0.15, 0.2) is 0 Å². The van der Waals surface area contributed by atoms with Crippen molar-refractivity contribution in [2.45, 2.75) is 32.6 Å². The van der Waals surface area contributed by atoms with Crippen LogP contribution < -0.4 is 10.2 Å². The second-order valence-corrected chi connectivity index (χ2v) is 6.52. The Morgan fingerprint density at radius 1 is 1.33 bits per heavy atom. The Labute approximate surface area is 135 Å². The van der Waals surface area contributed by atoms with Crippen LogP contribution in [0.25, 0.3) is 0 Å². The van der Waals surface area contributed by atoms with Crippen LogP contribution in [0.1, 0.15) is 19.4 Å². The highest BCUT2D eigenvalue weighted by Crippen LogP contribution is 2.27. The molecule has 2 atom stereocenters. The number of nitrogens with zero attached hydrogens (tertiary/aromatic N) is 1. The number of anilines is 1. The molecule has 5 heteroatoms. The van der Waals surface area contributed by atoms with E-state index in [4.69, 9.17) is 9.47 Å². The molecule has 118 valence electrons. The highest BCUT2D eigenvalue weighted by Gasteiger charge is 2.23. The first-order valence-corrected chi connectivity index (χ1v) is 8.28. The molecule has 0 aromatic heterocycles. The van der Waals surface area contributed by atoms with Crippen LogP contribution in [0.4, 0.5) is 5.69 Å². The first-order chi connectivity index (χ1) is 10.1. The molecule has 1 heterocycles. The number of rotatable bonds is 6. The van der Waals surface area contributed by atoms with Crippen LogP contribution in [-0.4, -0.2) is 45.6 Å². The highest BCUT2D eigenvalue weighted by atomic mass is 79.9. The van der Waals surface area contributed by atoms with E-state index in [9.17, 15) is 0 Å². The van der Waals surface area contributed by atoms with E-state index in [1.807, 2.05) is 0 Å². The normalized spacial score (nSPS) is 22.6. The van der Waals surface area contributed by atoms with Gasteiger partial charge in [0.2, 0.25) is 0 Å². The minimum Gasteiger partial charge on any atom is -0.383 e. The minimum absolute atomic E-state index is 0.270. The first-order valence-electron chi connectivity index (χ1n) is 7.48. The number of hydrogen-bond acceptors (Lipinski definition) is 4. The average Bonchev–Trinajstić information content (AvgIpc) is 2.42. The van der Waals surface area contributed by atoms with E-state index >= 15 is 0 Å². The fourth-order valence-corrected chi connectivity index (χ4v) is 3.18. The molecule has 0 radical (unpaired) electrons. The van der Waals surface area contributed by atoms with Crippen LogP contribution in [0, 0.1) is 0 Å². The van der Waals surface area contributed by atoms with Crippen LogP contribution in [0.5, 0.6) is 0 Å². The third-order valence-corrected chi connectivity index (χ3v) is 4.09. The van der Waals surface area contributed by atoms with Gasteiger partial charge < -0.3 is 19.7 Å². The topological polar surface area (TPSA) is 33.7 Å². The van der Waals surface area contributed by atoms with Crippen molar-refractivity contribution in [3.63, 3.8) is 0 Å². The van der Waals surface area contributed by atoms with Crippen LogP contribution in [0.2, 0.25) is 0 Å². The summed E-state index contributed by atoms with van der Waals surface area (Å²) in [5.41, 5.74) is 2.60. The smallest absolute Gasteiger partial charge is 0.0726 e. The monoisotopic (exact) mass is 356 g/mol. The Hall–Kier alpha value is -0.620. The number of morpholine rings is 1. The molecule has 0 unspecified atom stereocenters. The van der Waals surface area contributed by atoms with E-state index in [0.29, 0.717) is 0 Å². The zero-order chi connectivity index (χ0) is 15.2. The number of methoxy groups -OCH3 is 1. The van der Waals surface area contributed by atoms with Crippen molar-refractivity contribution in [2.75, 3.05) is 38.3 Å². The predicted molar refractivity (Wildman–Crippen MR) is 89.9 cm³/mol. The molecule has 0 bridgehead atoms. The summed E-state index contributed by atoms with van der Waals surface area (Å²) in [5, 5.41) is 3.43. The SMILES string of the molecule is COCCNCc1cc(Br)ccc1N1C[C@@H](C)O[C@@H](C)C1. The van der Waals surface area contributed by atoms with Gasteiger partial charge in [-0.3, -0.25) is 0 Å². The number of halogens is 1. The number of hydrogen-bond donors (Lipinski definition) is 1. The second kappa shape index (κ2) is 8.13. The van der Waals surface area contributed by atoms with E-state index in [0.717, 1.165) is 37.3 Å². The number of ether oxygens (including phenoxy) is 2. The summed E-state index contributed by atoms with van der Waals surface area (Å²) in [6, 6.07) is 6.50. The molecule has 1 aromatic carbocycles. The van der Waals surface area contributed by atoms with Crippen molar-refractivity contribution >= 4 is 21.6 Å². The predicted octanol–water partition coefficient (Wildman–Crippen LogP) is 2.80. The van der Waals surface area contributed by atoms with E-state index in [-0.39, 0.29) is 12.2 Å². The van der Waals surface area contributed by atoms with Crippen molar-refractivity contribution in [3.8, 4) is 0 Å². The fraction of sp³-hybridized carbons (Fsp3) is 0.625. The van der Waals surface area contributed by atoms with Gasteiger partial charge in [-0.1, -0.05) is 15.9 Å². The molecule has 1 aromatic rings. The Morgan fingerprint density at radius 2 is 2.05 bits per heavy atom. The molecule has 1 aliphatic heterocycles. The van der Waals surface area contributed by atoms with Gasteiger partial charge in [-0.15, -0.1) is 0 Å². The number of nitrogens with one attached hydrogen (secondary N) is 1. The molecule has 1 saturated heterocycles. The standard InChI is InChI=1S/C16H25BrN2O2/c1-12-10-19(11-13(2)21-12)16-5-4-15(17)8-14(16)9-18-6-7-20-3/h4-5,8,12-13,18H,6-7,9-11H2,1-3H3/t12-,13+. The van der Waals surface area contributed by atoms with Gasteiger partial charge in [0, 0.05) is 43.4 Å². The van der Waals surface area contributed by atoms with Crippen LogP contribution in [0.3, 0.4) is 0 Å². The second-order valence-electron chi connectivity index (χ2n) is 5.60. The van der Waals surface area contributed by atoms with Crippen LogP contribution in [0.15, 0.2) is 22.7 Å². The van der Waals surface area contributed by atoms with Gasteiger partial charge in [-0.25, -0.2) is 0 Å². The molecule has 1 aliphatic rings. The van der Waals surface area contributed by atoms with Gasteiger partial charge in [-0.05, 0) is 37.6 Å². The Balaban J connectivity index is 2.10. The lowest BCUT2D eigenvalue weighted by Crippen LogP contribution is -2.46. The van der Waals surface area contributed by atoms with E-state index in [2.05, 4.69) is 58.2 Å². The lowest BCUT2D eigenvalue weighted by Gasteiger charge is -2.38. The third kappa shape index (κ3) is 4.95. The quantitative estimate of drug-likeness (QED) is 0.794. The van der Waals surface area contributed by atoms with Gasteiger partial charge in [0.05, 0.1) is 18.8 Å². The van der Waals surface area contributed by atoms with E-state index in [1.165, 1.54) is 11.3 Å². The van der Waals surface area contributed by atoms with Crippen molar-refractivity contribution in [2.24, 2.45) is 0 Å². The zero-order valence-corrected chi connectivity index (χ0v) is 14.6. The molecular formula is C16H25BrN2O2. The average molecular weight is 357 g/mol. The molecule has 4 nitrogen and oxygen atoms in total. The summed E-state index contributed by atoms with van der Waals surface area (Å²) < 4.78 is 12.0. The van der Waals surface area contributed by atoms with Crippen molar-refractivity contribution in [1.82, 2.24) is 5.32 Å². The largest absolute Gasteiger partial charge is 0.383 e. The van der Waals surface area contributed by atoms with Crippen molar-refractivity contribution in [3.05, 3.63) is 28.2 Å². The summed E-state index contributed by atoms with van der Waals surface area (Å²) >= 11 is 3.57. The summed E-state index contributed by atoms with van der Waals surface area (Å²) in [7, 11) is 1.72. The highest BCUT2D eigenvalue weighted by molar-refractivity contribution is 9.10. The van der Waals surface area contributed by atoms with E-state index in [1.54, 1.807) is 7.11 Å². The third-order valence-electron chi connectivity index (χ3n) is 3.60. The van der Waals surface area contributed by atoms with Crippen molar-refractivity contribution in [1.29, 1.82) is 0 Å². The Kier molecular flexibility index (Phi) is 6.48. The Bertz CT molecular complexity index is 446. The van der Waals surface area contributed by atoms with Gasteiger partial charge in [0.25, 0.3) is 0 Å². The van der Waals surface area contributed by atoms with E-state index < -0.39 is 0 Å². The van der Waals surface area contributed by atoms with Gasteiger partial charge in [-0.2, -0.15) is 0 Å². The molecule has 21 heavy (non-hydrogen) atoms. The molecule has 1 fully saturated rings. The fourth-order valence-electron chi connectivity index (χ4n) is 2.78. The lowest BCUT2D eigenvalue weighted by atomic mass is 10.1. The lowest BCUT2D eigenvalue weighted by molar-refractivity contribution is -0.00526. The van der Waals surface area contributed by atoms with Crippen LogP contribution in [-0.2, 0) is 16.0 Å². The summed E-state index contributed by atoms with van der Waals surface area (Å²) in [6.07, 6.45) is 0.540. The molecule has 1 N–H and O–H groups in total. The van der Waals surface area contributed by atoms with Gasteiger partial charge in [0.1, 0.15) is 0 Å². The molecule has 0 aliphatic carbocycles. The molecule has 0 spiro atoms. The maximum absolute atomic E-state index is 5.83. The van der Waals surface area contributed by atoms with Gasteiger partial charge >= 0.3 is 0 Å². The van der Waals surface area contributed by atoms with Crippen molar-refractivity contribution < 1.29 is 9.47 Å². The van der Waals surface area contributed by atoms with Crippen LogP contribution >= 0.6 is 15.9 Å². The first kappa shape index (κ1) is 16.7. The summed E-state index contributed by atoms with van der Waals surface area (Å²) in [6.45, 7) is 8.59. The zero-order valence-electron chi connectivity index (χ0n) is 13.1. The Morgan fingerprint density at radius 3 is 2.71 bits per heavy atom. The minimum atomic E-state index is 0.270. The molecular weight excluding hydrogens is 332 g/mol. The number of benzene rings is 1.